The first-order valence-electron chi connectivity index (χ1n) is 13.3. The Morgan fingerprint density at radius 1 is 1.00 bits per heavy atom. The van der Waals surface area contributed by atoms with Crippen molar-refractivity contribution in [3.8, 4) is 22.6 Å². The fraction of sp³-hybridized carbons (Fsp3) is 0.552. The van der Waals surface area contributed by atoms with Gasteiger partial charge in [-0.05, 0) is 56.2 Å². The molecule has 3 aliphatic heterocycles. The lowest BCUT2D eigenvalue weighted by atomic mass is 9.99. The van der Waals surface area contributed by atoms with Crippen LogP contribution in [0.4, 0.5) is 4.79 Å². The monoisotopic (exact) mass is 510 g/mol. The zero-order valence-electron chi connectivity index (χ0n) is 22.2. The predicted molar refractivity (Wildman–Crippen MR) is 140 cm³/mol. The molecule has 8 nitrogen and oxygen atoms in total. The maximum atomic E-state index is 12.4. The van der Waals surface area contributed by atoms with E-state index in [1.165, 1.54) is 0 Å². The van der Waals surface area contributed by atoms with Gasteiger partial charge >= 0.3 is 6.09 Å². The Morgan fingerprint density at radius 3 is 2.51 bits per heavy atom. The Kier molecular flexibility index (Phi) is 7.60. The van der Waals surface area contributed by atoms with Crippen molar-refractivity contribution in [1.82, 2.24) is 9.80 Å². The number of morpholine rings is 1. The summed E-state index contributed by atoms with van der Waals surface area (Å²) in [6.07, 6.45) is 0.935. The molecular weight excluding hydrogens is 472 g/mol. The topological polar surface area (TPSA) is 69.7 Å². The summed E-state index contributed by atoms with van der Waals surface area (Å²) >= 11 is 0. The van der Waals surface area contributed by atoms with Crippen molar-refractivity contribution < 1.29 is 28.5 Å². The SMILES string of the molecule is CC(C)(C)OC(=O)N1CCC2(CC1)OCc1cc(-c3cccc(OCCN4CCOCC4)c3)ccc1O2. The van der Waals surface area contributed by atoms with Crippen LogP contribution in [0.15, 0.2) is 42.5 Å². The van der Waals surface area contributed by atoms with E-state index in [1.807, 2.05) is 39.0 Å². The molecule has 2 aromatic carbocycles. The number of carbonyl (C=O) groups excluding carboxylic acids is 1. The Balaban J connectivity index is 1.18. The quantitative estimate of drug-likeness (QED) is 0.578. The van der Waals surface area contributed by atoms with Crippen LogP contribution in [0.5, 0.6) is 11.5 Å². The second-order valence-corrected chi connectivity index (χ2v) is 10.9. The van der Waals surface area contributed by atoms with Gasteiger partial charge in [0.25, 0.3) is 0 Å². The molecule has 37 heavy (non-hydrogen) atoms. The third-order valence-corrected chi connectivity index (χ3v) is 6.97. The maximum Gasteiger partial charge on any atom is 0.410 e. The molecule has 8 heteroatoms. The van der Waals surface area contributed by atoms with E-state index in [9.17, 15) is 4.79 Å². The first-order chi connectivity index (χ1) is 17.8. The molecule has 0 bridgehead atoms. The van der Waals surface area contributed by atoms with Gasteiger partial charge in [-0.15, -0.1) is 0 Å². The normalized spacial score (nSPS) is 19.7. The number of nitrogens with zero attached hydrogens (tertiary/aromatic N) is 2. The van der Waals surface area contributed by atoms with Crippen LogP contribution in [0.2, 0.25) is 0 Å². The Morgan fingerprint density at radius 2 is 1.76 bits per heavy atom. The molecule has 2 saturated heterocycles. The van der Waals surface area contributed by atoms with Crippen LogP contribution >= 0.6 is 0 Å². The maximum absolute atomic E-state index is 12.4. The first kappa shape index (κ1) is 25.8. The molecule has 0 atom stereocenters. The molecule has 1 spiro atoms. The number of piperidine rings is 1. The summed E-state index contributed by atoms with van der Waals surface area (Å²) in [5.41, 5.74) is 2.71. The number of amides is 1. The van der Waals surface area contributed by atoms with Crippen LogP contribution in [-0.4, -0.2) is 79.8 Å². The Labute approximate surface area is 219 Å². The third-order valence-electron chi connectivity index (χ3n) is 6.97. The van der Waals surface area contributed by atoms with Gasteiger partial charge in [0.1, 0.15) is 23.7 Å². The highest BCUT2D eigenvalue weighted by atomic mass is 16.7. The molecule has 2 fully saturated rings. The van der Waals surface area contributed by atoms with E-state index in [4.69, 9.17) is 23.7 Å². The number of fused-ring (bicyclic) bond motifs is 1. The number of hydrogen-bond acceptors (Lipinski definition) is 7. The molecule has 0 unspecified atom stereocenters. The van der Waals surface area contributed by atoms with Crippen molar-refractivity contribution in [3.63, 3.8) is 0 Å². The average molecular weight is 511 g/mol. The number of hydrogen-bond donors (Lipinski definition) is 0. The minimum Gasteiger partial charge on any atom is -0.492 e. The van der Waals surface area contributed by atoms with E-state index < -0.39 is 11.4 Å². The second kappa shape index (κ2) is 10.9. The van der Waals surface area contributed by atoms with E-state index in [0.29, 0.717) is 39.1 Å². The standard InChI is InChI=1S/C29H38N2O6/c1-28(2,3)37-27(32)31-11-9-29(10-12-31)35-21-24-19-23(7-8-26(24)36-29)22-5-4-6-25(20-22)34-18-15-30-13-16-33-17-14-30/h4-8,19-20H,9-18,21H2,1-3H3. The van der Waals surface area contributed by atoms with Gasteiger partial charge in [-0.25, -0.2) is 4.79 Å². The summed E-state index contributed by atoms with van der Waals surface area (Å²) in [6, 6.07) is 14.4. The molecule has 0 aromatic heterocycles. The van der Waals surface area contributed by atoms with E-state index >= 15 is 0 Å². The van der Waals surface area contributed by atoms with Gasteiger partial charge < -0.3 is 28.6 Å². The van der Waals surface area contributed by atoms with Crippen LogP contribution in [0.3, 0.4) is 0 Å². The van der Waals surface area contributed by atoms with Crippen molar-refractivity contribution >= 4 is 6.09 Å². The molecule has 3 aliphatic rings. The number of rotatable bonds is 5. The summed E-state index contributed by atoms with van der Waals surface area (Å²) in [7, 11) is 0. The van der Waals surface area contributed by atoms with Gasteiger partial charge in [-0.2, -0.15) is 0 Å². The molecule has 2 aromatic rings. The lowest BCUT2D eigenvalue weighted by Crippen LogP contribution is -2.53. The summed E-state index contributed by atoms with van der Waals surface area (Å²) in [6.45, 7) is 12.3. The van der Waals surface area contributed by atoms with E-state index in [-0.39, 0.29) is 6.09 Å². The van der Waals surface area contributed by atoms with E-state index in [2.05, 4.69) is 29.2 Å². The van der Waals surface area contributed by atoms with Crippen molar-refractivity contribution in [2.45, 2.75) is 51.6 Å². The van der Waals surface area contributed by atoms with Crippen LogP contribution in [0.25, 0.3) is 11.1 Å². The van der Waals surface area contributed by atoms with Crippen molar-refractivity contribution in [2.24, 2.45) is 0 Å². The highest BCUT2D eigenvalue weighted by Crippen LogP contribution is 2.39. The largest absolute Gasteiger partial charge is 0.492 e. The lowest BCUT2D eigenvalue weighted by Gasteiger charge is -2.44. The Bertz CT molecular complexity index is 1080. The second-order valence-electron chi connectivity index (χ2n) is 10.9. The van der Waals surface area contributed by atoms with Gasteiger partial charge in [0.05, 0.1) is 19.8 Å². The number of carbonyl (C=O) groups is 1. The molecule has 0 aliphatic carbocycles. The van der Waals surface area contributed by atoms with Gasteiger partial charge in [-0.1, -0.05) is 18.2 Å². The smallest absolute Gasteiger partial charge is 0.410 e. The molecule has 0 N–H and O–H groups in total. The summed E-state index contributed by atoms with van der Waals surface area (Å²) in [4.78, 5) is 16.5. The lowest BCUT2D eigenvalue weighted by molar-refractivity contribution is -0.226. The first-order valence-corrected chi connectivity index (χ1v) is 13.3. The molecule has 0 radical (unpaired) electrons. The highest BCUT2D eigenvalue weighted by molar-refractivity contribution is 5.68. The molecule has 200 valence electrons. The van der Waals surface area contributed by atoms with Crippen LogP contribution in [0, 0.1) is 0 Å². The summed E-state index contributed by atoms with van der Waals surface area (Å²) in [5.74, 6) is 1.02. The molecule has 5 rings (SSSR count). The van der Waals surface area contributed by atoms with E-state index in [0.717, 1.165) is 61.0 Å². The van der Waals surface area contributed by atoms with Crippen LogP contribution in [-0.2, 0) is 20.8 Å². The van der Waals surface area contributed by atoms with E-state index in [1.54, 1.807) is 4.90 Å². The van der Waals surface area contributed by atoms with Crippen LogP contribution < -0.4 is 9.47 Å². The minimum absolute atomic E-state index is 0.282. The number of likely N-dealkylation sites (tertiary alicyclic amines) is 1. The van der Waals surface area contributed by atoms with Crippen molar-refractivity contribution in [1.29, 1.82) is 0 Å². The predicted octanol–water partition coefficient (Wildman–Crippen LogP) is 4.70. The van der Waals surface area contributed by atoms with Crippen molar-refractivity contribution in [2.75, 3.05) is 52.5 Å². The van der Waals surface area contributed by atoms with Gasteiger partial charge in [0.2, 0.25) is 5.79 Å². The molecular formula is C29H38N2O6. The van der Waals surface area contributed by atoms with Crippen molar-refractivity contribution in [3.05, 3.63) is 48.0 Å². The minimum atomic E-state index is -0.693. The highest BCUT2D eigenvalue weighted by Gasteiger charge is 2.42. The molecule has 3 heterocycles. The average Bonchev–Trinajstić information content (AvgIpc) is 2.89. The number of benzene rings is 2. The van der Waals surface area contributed by atoms with Gasteiger partial charge in [0.15, 0.2) is 0 Å². The Hall–Kier alpha value is -2.81. The van der Waals surface area contributed by atoms with Crippen LogP contribution in [0.1, 0.15) is 39.2 Å². The fourth-order valence-electron chi connectivity index (χ4n) is 4.90. The zero-order chi connectivity index (χ0) is 25.9. The zero-order valence-corrected chi connectivity index (χ0v) is 22.2. The summed E-state index contributed by atoms with van der Waals surface area (Å²) < 4.78 is 29.6. The van der Waals surface area contributed by atoms with Gasteiger partial charge in [0, 0.05) is 51.1 Å². The molecule has 0 saturated carbocycles. The number of ether oxygens (including phenoxy) is 5. The van der Waals surface area contributed by atoms with Gasteiger partial charge in [-0.3, -0.25) is 4.90 Å². The molecule has 1 amide bonds. The third kappa shape index (κ3) is 6.55. The fourth-order valence-corrected chi connectivity index (χ4v) is 4.90. The summed E-state index contributed by atoms with van der Waals surface area (Å²) in [5, 5.41) is 0.